The van der Waals surface area contributed by atoms with E-state index >= 15 is 0 Å². The molecule has 2 aliphatic rings. The van der Waals surface area contributed by atoms with Crippen LogP contribution in [0.5, 0.6) is 11.5 Å². The number of carbonyl (C=O) groups excluding carboxylic acids is 1. The zero-order valence-electron chi connectivity index (χ0n) is 13.4. The molecule has 2 aliphatic carbocycles. The second kappa shape index (κ2) is 5.26. The zero-order valence-corrected chi connectivity index (χ0v) is 13.4. The van der Waals surface area contributed by atoms with Crippen molar-refractivity contribution in [3.05, 3.63) is 58.4 Å². The molecule has 0 bridgehead atoms. The largest absolute Gasteiger partial charge is 0.456 e. The van der Waals surface area contributed by atoms with Gasteiger partial charge in [0.05, 0.1) is 17.2 Å². The number of rotatable bonds is 2. The Bertz CT molecular complexity index is 1090. The highest BCUT2D eigenvalue weighted by Crippen LogP contribution is 2.66. The van der Waals surface area contributed by atoms with Crippen molar-refractivity contribution in [2.75, 3.05) is 0 Å². The molecule has 4 nitrogen and oxygen atoms in total. The van der Waals surface area contributed by atoms with Gasteiger partial charge in [0.15, 0.2) is 0 Å². The summed E-state index contributed by atoms with van der Waals surface area (Å²) in [6, 6.07) is 5.50. The van der Waals surface area contributed by atoms with Crippen molar-refractivity contribution in [1.29, 1.82) is 5.26 Å². The smallest absolute Gasteiger partial charge is 0.350 e. The van der Waals surface area contributed by atoms with Crippen LogP contribution in [0.25, 0.3) is 0 Å². The molecule has 0 aromatic heterocycles. The maximum Gasteiger partial charge on any atom is 0.350 e. The second-order valence-electron chi connectivity index (χ2n) is 6.39. The molecule has 0 amide bonds. The summed E-state index contributed by atoms with van der Waals surface area (Å²) >= 11 is 0. The minimum atomic E-state index is -5.28. The van der Waals surface area contributed by atoms with E-state index in [1.807, 2.05) is 0 Å². The molecule has 0 saturated carbocycles. The monoisotopic (exact) mass is 399 g/mol. The third-order valence-corrected chi connectivity index (χ3v) is 4.83. The number of hydrogen-bond donors (Lipinski definition) is 1. The molecular weight excluding hydrogens is 392 g/mol. The number of ether oxygens (including phenoxy) is 1. The number of benzene rings is 2. The molecule has 0 heterocycles. The maximum absolute atomic E-state index is 14.4. The Hall–Kier alpha value is -3.06. The van der Waals surface area contributed by atoms with Crippen LogP contribution in [0.15, 0.2) is 30.3 Å². The third kappa shape index (κ3) is 1.91. The van der Waals surface area contributed by atoms with Gasteiger partial charge in [-0.1, -0.05) is 0 Å². The summed E-state index contributed by atoms with van der Waals surface area (Å²) in [6.07, 6.45) is -3.35. The van der Waals surface area contributed by atoms with Gasteiger partial charge in [-0.3, -0.25) is 4.79 Å². The zero-order chi connectivity index (χ0) is 20.6. The normalized spacial score (nSPS) is 26.1. The van der Waals surface area contributed by atoms with E-state index in [1.165, 1.54) is 0 Å². The highest BCUT2D eigenvalue weighted by molar-refractivity contribution is 6.09. The molecule has 144 valence electrons. The van der Waals surface area contributed by atoms with Crippen molar-refractivity contribution in [3.8, 4) is 17.6 Å². The van der Waals surface area contributed by atoms with E-state index < -0.39 is 57.7 Å². The van der Waals surface area contributed by atoms with E-state index in [9.17, 15) is 36.2 Å². The number of halogens is 6. The number of ketones is 1. The van der Waals surface area contributed by atoms with Gasteiger partial charge >= 0.3 is 11.8 Å². The lowest BCUT2D eigenvalue weighted by Gasteiger charge is -2.31. The van der Waals surface area contributed by atoms with E-state index in [0.29, 0.717) is 6.07 Å². The number of Topliss-reactive ketones (excluding diaryl/α,β-unsaturated/α-hetero) is 1. The first-order valence-electron chi connectivity index (χ1n) is 7.69. The molecule has 4 rings (SSSR count). The summed E-state index contributed by atoms with van der Waals surface area (Å²) in [5.74, 6) is -13.8. The van der Waals surface area contributed by atoms with Gasteiger partial charge in [0.1, 0.15) is 17.3 Å². The van der Waals surface area contributed by atoms with Crippen LogP contribution in [0, 0.1) is 17.1 Å². The average molecular weight is 399 g/mol. The van der Waals surface area contributed by atoms with E-state index in [2.05, 4.69) is 0 Å². The lowest BCUT2D eigenvalue weighted by molar-refractivity contribution is -0.294. The molecule has 0 aliphatic heterocycles. The summed E-state index contributed by atoms with van der Waals surface area (Å²) in [5.41, 5.74) is -7.87. The number of nitriles is 1. The van der Waals surface area contributed by atoms with E-state index in [0.717, 1.165) is 24.3 Å². The van der Waals surface area contributed by atoms with Gasteiger partial charge in [-0.2, -0.15) is 22.8 Å². The molecule has 2 aromatic rings. The molecular formula is C18H7F6NO3. The first kappa shape index (κ1) is 18.3. The Balaban J connectivity index is 1.93. The van der Waals surface area contributed by atoms with Crippen LogP contribution < -0.4 is 4.74 Å². The Morgan fingerprint density at radius 1 is 1.14 bits per heavy atom. The molecule has 0 saturated heterocycles. The van der Waals surface area contributed by atoms with E-state index in [4.69, 9.17) is 10.00 Å². The standard InChI is InChI=1S/C18H7F6NO3/c19-8-3-7(6-25)4-9(5-8)28-11-2-1-10-13-12(11)14(26)15(20)16(13,27)18(23,24)17(10,21)22/h1-5,15,27H/t15-,16+/m1/s1. The van der Waals surface area contributed by atoms with Gasteiger partial charge in [0.25, 0.3) is 0 Å². The molecule has 0 unspecified atom stereocenters. The number of hydrogen-bond acceptors (Lipinski definition) is 4. The quantitative estimate of drug-likeness (QED) is 0.777. The molecule has 10 heteroatoms. The number of aliphatic hydroxyl groups is 1. The lowest BCUT2D eigenvalue weighted by atomic mass is 9.93. The van der Waals surface area contributed by atoms with E-state index in [-0.39, 0.29) is 11.3 Å². The molecule has 0 radical (unpaired) electrons. The molecule has 0 spiro atoms. The number of nitrogens with zero attached hydrogens (tertiary/aromatic N) is 1. The van der Waals surface area contributed by atoms with Crippen molar-refractivity contribution < 1.29 is 41.0 Å². The highest BCUT2D eigenvalue weighted by atomic mass is 19.3. The van der Waals surface area contributed by atoms with Gasteiger partial charge < -0.3 is 9.84 Å². The fourth-order valence-corrected chi connectivity index (χ4v) is 3.55. The van der Waals surface area contributed by atoms with Crippen LogP contribution in [0.4, 0.5) is 26.3 Å². The summed E-state index contributed by atoms with van der Waals surface area (Å²) in [7, 11) is 0. The SMILES string of the molecule is N#Cc1cc(F)cc(Oc2ccc3c4c2C(=O)[C@@H](F)[C@]4(O)C(F)(F)C3(F)F)c1. The predicted molar refractivity (Wildman–Crippen MR) is 79.6 cm³/mol. The van der Waals surface area contributed by atoms with Crippen LogP contribution in [-0.4, -0.2) is 23.0 Å². The minimum Gasteiger partial charge on any atom is -0.456 e. The Morgan fingerprint density at radius 2 is 1.82 bits per heavy atom. The van der Waals surface area contributed by atoms with Gasteiger partial charge in [-0.15, -0.1) is 0 Å². The molecule has 2 aromatic carbocycles. The molecule has 2 atom stereocenters. The van der Waals surface area contributed by atoms with Gasteiger partial charge in [0.2, 0.25) is 17.6 Å². The molecule has 1 N–H and O–H groups in total. The van der Waals surface area contributed by atoms with Crippen LogP contribution in [0.2, 0.25) is 0 Å². The van der Waals surface area contributed by atoms with Crippen molar-refractivity contribution >= 4 is 5.78 Å². The van der Waals surface area contributed by atoms with Gasteiger partial charge in [-0.05, 0) is 24.3 Å². The van der Waals surface area contributed by atoms with Gasteiger partial charge in [-0.25, -0.2) is 8.78 Å². The first-order chi connectivity index (χ1) is 13.0. The van der Waals surface area contributed by atoms with Crippen LogP contribution in [0.3, 0.4) is 0 Å². The third-order valence-electron chi connectivity index (χ3n) is 4.83. The summed E-state index contributed by atoms with van der Waals surface area (Å²) in [6.45, 7) is 0. The fraction of sp³-hybridized carbons (Fsp3) is 0.222. The molecule has 28 heavy (non-hydrogen) atoms. The van der Waals surface area contributed by atoms with Crippen molar-refractivity contribution in [2.45, 2.75) is 23.6 Å². The number of carbonyl (C=O) groups is 1. The predicted octanol–water partition coefficient (Wildman–Crippen LogP) is 3.95. The van der Waals surface area contributed by atoms with E-state index in [1.54, 1.807) is 6.07 Å². The Morgan fingerprint density at radius 3 is 2.46 bits per heavy atom. The average Bonchev–Trinajstić information content (AvgIpc) is 2.90. The second-order valence-corrected chi connectivity index (χ2v) is 6.39. The highest BCUT2D eigenvalue weighted by Gasteiger charge is 2.82. The maximum atomic E-state index is 14.4. The topological polar surface area (TPSA) is 70.3 Å². The van der Waals surface area contributed by atoms with Crippen molar-refractivity contribution in [3.63, 3.8) is 0 Å². The summed E-state index contributed by atoms with van der Waals surface area (Å²) in [4.78, 5) is 12.2. The van der Waals surface area contributed by atoms with Crippen molar-refractivity contribution in [2.24, 2.45) is 0 Å². The lowest BCUT2D eigenvalue weighted by Crippen LogP contribution is -2.53. The molecule has 0 fully saturated rings. The van der Waals surface area contributed by atoms with Crippen LogP contribution >= 0.6 is 0 Å². The summed E-state index contributed by atoms with van der Waals surface area (Å²) in [5, 5.41) is 19.0. The number of alkyl halides is 5. The van der Waals surface area contributed by atoms with Crippen molar-refractivity contribution in [1.82, 2.24) is 0 Å². The van der Waals surface area contributed by atoms with Gasteiger partial charge in [0, 0.05) is 17.2 Å². The fourth-order valence-electron chi connectivity index (χ4n) is 3.55. The van der Waals surface area contributed by atoms with Crippen LogP contribution in [0.1, 0.15) is 27.0 Å². The Labute approximate surface area is 152 Å². The van der Waals surface area contributed by atoms with Crippen LogP contribution in [-0.2, 0) is 11.5 Å². The minimum absolute atomic E-state index is 0.183. The first-order valence-corrected chi connectivity index (χ1v) is 7.69. The summed E-state index contributed by atoms with van der Waals surface area (Å²) < 4.78 is 89.8. The Kier molecular flexibility index (Phi) is 3.44.